The topological polar surface area (TPSA) is 49.6 Å². The first-order chi connectivity index (χ1) is 9.24. The highest BCUT2D eigenvalue weighted by Gasteiger charge is 2.24. The highest BCUT2D eigenvalue weighted by Crippen LogP contribution is 2.20. The number of hydrogen-bond acceptors (Lipinski definition) is 5. The molecule has 0 aromatic carbocycles. The first-order valence-corrected chi connectivity index (χ1v) is 7.19. The number of amides is 1. The lowest BCUT2D eigenvalue weighted by Crippen LogP contribution is -2.48. The van der Waals surface area contributed by atoms with Gasteiger partial charge in [0, 0.05) is 37.8 Å². The van der Waals surface area contributed by atoms with Crippen molar-refractivity contribution in [2.24, 2.45) is 0 Å². The third kappa shape index (κ3) is 2.59. The maximum absolute atomic E-state index is 12.1. The molecule has 0 radical (unpaired) electrons. The van der Waals surface area contributed by atoms with Gasteiger partial charge in [0.15, 0.2) is 16.1 Å². The van der Waals surface area contributed by atoms with E-state index >= 15 is 0 Å². The van der Waals surface area contributed by atoms with E-state index in [0.717, 1.165) is 18.2 Å². The summed E-state index contributed by atoms with van der Waals surface area (Å²) in [6.07, 6.45) is 1.79. The van der Waals surface area contributed by atoms with Crippen molar-refractivity contribution in [3.63, 3.8) is 0 Å². The molecule has 0 unspecified atom stereocenters. The molecule has 5 nitrogen and oxygen atoms in total. The summed E-state index contributed by atoms with van der Waals surface area (Å²) < 4.78 is 5.15. The van der Waals surface area contributed by atoms with Gasteiger partial charge in [-0.2, -0.15) is 0 Å². The molecule has 1 aliphatic rings. The highest BCUT2D eigenvalue weighted by molar-refractivity contribution is 7.13. The molecule has 1 fully saturated rings. The van der Waals surface area contributed by atoms with Crippen molar-refractivity contribution in [2.45, 2.75) is 0 Å². The van der Waals surface area contributed by atoms with Crippen LogP contribution in [0.5, 0.6) is 0 Å². The maximum atomic E-state index is 12.1. The third-order valence-corrected chi connectivity index (χ3v) is 4.08. The fourth-order valence-corrected chi connectivity index (χ4v) is 2.90. The number of carbonyl (C=O) groups is 1. The number of rotatable bonds is 2. The van der Waals surface area contributed by atoms with E-state index in [4.69, 9.17) is 16.0 Å². The van der Waals surface area contributed by atoms with E-state index in [9.17, 15) is 4.79 Å². The van der Waals surface area contributed by atoms with Crippen LogP contribution in [0.15, 0.2) is 28.1 Å². The van der Waals surface area contributed by atoms with Crippen molar-refractivity contribution < 1.29 is 9.21 Å². The summed E-state index contributed by atoms with van der Waals surface area (Å²) in [4.78, 5) is 20.4. The van der Waals surface area contributed by atoms with Crippen LogP contribution in [0.2, 0.25) is 5.22 Å². The maximum Gasteiger partial charge on any atom is 0.289 e. The SMILES string of the molecule is O=C(c1ccc(Cl)o1)N1CCN(c2nccs2)CC1. The minimum Gasteiger partial charge on any atom is -0.440 e. The average Bonchev–Trinajstić information content (AvgIpc) is 3.09. The monoisotopic (exact) mass is 297 g/mol. The van der Waals surface area contributed by atoms with Gasteiger partial charge >= 0.3 is 0 Å². The summed E-state index contributed by atoms with van der Waals surface area (Å²) in [5, 5.41) is 3.20. The van der Waals surface area contributed by atoms with Crippen molar-refractivity contribution in [1.82, 2.24) is 9.88 Å². The molecule has 0 saturated carbocycles. The van der Waals surface area contributed by atoms with Gasteiger partial charge < -0.3 is 14.2 Å². The van der Waals surface area contributed by atoms with Crippen LogP contribution in [0.4, 0.5) is 5.13 Å². The van der Waals surface area contributed by atoms with Gasteiger partial charge in [-0.3, -0.25) is 4.79 Å². The van der Waals surface area contributed by atoms with Crippen LogP contribution in [0.1, 0.15) is 10.6 Å². The minimum atomic E-state index is -0.106. The summed E-state index contributed by atoms with van der Waals surface area (Å²) in [5.41, 5.74) is 0. The van der Waals surface area contributed by atoms with Crippen LogP contribution in [0, 0.1) is 0 Å². The highest BCUT2D eigenvalue weighted by atomic mass is 35.5. The second kappa shape index (κ2) is 5.22. The predicted molar refractivity (Wildman–Crippen MR) is 73.9 cm³/mol. The number of aromatic nitrogens is 1. The second-order valence-corrected chi connectivity index (χ2v) is 5.44. The molecule has 0 spiro atoms. The molecule has 0 atom stereocenters. The lowest BCUT2D eigenvalue weighted by Gasteiger charge is -2.34. The molecule has 2 aromatic heterocycles. The summed E-state index contributed by atoms with van der Waals surface area (Å²) >= 11 is 7.30. The number of halogens is 1. The van der Waals surface area contributed by atoms with E-state index in [1.165, 1.54) is 0 Å². The van der Waals surface area contributed by atoms with Crippen molar-refractivity contribution in [2.75, 3.05) is 31.1 Å². The molecule has 3 heterocycles. The molecular weight excluding hydrogens is 286 g/mol. The molecule has 0 bridgehead atoms. The number of anilines is 1. The normalized spacial score (nSPS) is 15.8. The molecule has 3 rings (SSSR count). The lowest BCUT2D eigenvalue weighted by molar-refractivity contribution is 0.0715. The predicted octanol–water partition coefficient (Wildman–Crippen LogP) is 2.35. The van der Waals surface area contributed by atoms with E-state index < -0.39 is 0 Å². The average molecular weight is 298 g/mol. The van der Waals surface area contributed by atoms with Crippen molar-refractivity contribution >= 4 is 34.0 Å². The van der Waals surface area contributed by atoms with Gasteiger partial charge in [0.05, 0.1) is 0 Å². The molecule has 2 aromatic rings. The molecule has 1 aliphatic heterocycles. The fourth-order valence-electron chi connectivity index (χ4n) is 2.06. The van der Waals surface area contributed by atoms with E-state index in [2.05, 4.69) is 9.88 Å². The molecule has 1 amide bonds. The molecule has 7 heteroatoms. The molecular formula is C12H12ClN3O2S. The first kappa shape index (κ1) is 12.5. The van der Waals surface area contributed by atoms with Gasteiger partial charge in [0.25, 0.3) is 5.91 Å². The Kier molecular flexibility index (Phi) is 3.44. The van der Waals surface area contributed by atoms with Gasteiger partial charge in [-0.25, -0.2) is 4.98 Å². The molecule has 19 heavy (non-hydrogen) atoms. The Morgan fingerprint density at radius 2 is 2.11 bits per heavy atom. The molecule has 0 N–H and O–H groups in total. The number of carbonyl (C=O) groups excluding carboxylic acids is 1. The molecule has 0 aliphatic carbocycles. The van der Waals surface area contributed by atoms with Crippen LogP contribution < -0.4 is 4.90 Å². The Balaban J connectivity index is 1.62. The third-order valence-electron chi connectivity index (χ3n) is 3.04. The Morgan fingerprint density at radius 1 is 1.32 bits per heavy atom. The number of hydrogen-bond donors (Lipinski definition) is 0. The molecule has 1 saturated heterocycles. The van der Waals surface area contributed by atoms with E-state index in [1.807, 2.05) is 5.38 Å². The first-order valence-electron chi connectivity index (χ1n) is 5.93. The minimum absolute atomic E-state index is 0.106. The Labute approximate surface area is 119 Å². The largest absolute Gasteiger partial charge is 0.440 e. The summed E-state index contributed by atoms with van der Waals surface area (Å²) in [6.45, 7) is 2.90. The Bertz CT molecular complexity index is 561. The van der Waals surface area contributed by atoms with Gasteiger partial charge in [-0.05, 0) is 23.7 Å². The summed E-state index contributed by atoms with van der Waals surface area (Å²) in [6, 6.07) is 3.19. The van der Waals surface area contributed by atoms with Gasteiger partial charge in [0.1, 0.15) is 0 Å². The second-order valence-electron chi connectivity index (χ2n) is 4.20. The number of piperazine rings is 1. The van der Waals surface area contributed by atoms with Gasteiger partial charge in [0.2, 0.25) is 0 Å². The van der Waals surface area contributed by atoms with E-state index in [-0.39, 0.29) is 11.1 Å². The van der Waals surface area contributed by atoms with E-state index in [1.54, 1.807) is 34.6 Å². The lowest BCUT2D eigenvalue weighted by atomic mass is 10.3. The Hall–Kier alpha value is -1.53. The van der Waals surface area contributed by atoms with Crippen LogP contribution in [0.25, 0.3) is 0 Å². The molecule has 100 valence electrons. The number of furan rings is 1. The van der Waals surface area contributed by atoms with Crippen molar-refractivity contribution in [3.8, 4) is 0 Å². The van der Waals surface area contributed by atoms with E-state index in [0.29, 0.717) is 18.8 Å². The van der Waals surface area contributed by atoms with Crippen molar-refractivity contribution in [1.29, 1.82) is 0 Å². The standard InChI is InChI=1S/C12H12ClN3O2S/c13-10-2-1-9(18-10)11(17)15-4-6-16(7-5-15)12-14-3-8-19-12/h1-3,8H,4-7H2. The quantitative estimate of drug-likeness (QED) is 0.854. The van der Waals surface area contributed by atoms with Crippen molar-refractivity contribution in [3.05, 3.63) is 34.7 Å². The van der Waals surface area contributed by atoms with Gasteiger partial charge in [-0.15, -0.1) is 11.3 Å². The fraction of sp³-hybridized carbons (Fsp3) is 0.333. The summed E-state index contributed by atoms with van der Waals surface area (Å²) in [5.74, 6) is 0.193. The zero-order valence-electron chi connectivity index (χ0n) is 10.1. The van der Waals surface area contributed by atoms with Crippen LogP contribution in [-0.2, 0) is 0 Å². The summed E-state index contributed by atoms with van der Waals surface area (Å²) in [7, 11) is 0. The zero-order chi connectivity index (χ0) is 13.2. The smallest absolute Gasteiger partial charge is 0.289 e. The van der Waals surface area contributed by atoms with Crippen LogP contribution >= 0.6 is 22.9 Å². The van der Waals surface area contributed by atoms with Gasteiger partial charge in [-0.1, -0.05) is 0 Å². The zero-order valence-corrected chi connectivity index (χ0v) is 11.7. The van der Waals surface area contributed by atoms with Crippen LogP contribution in [-0.4, -0.2) is 42.0 Å². The van der Waals surface area contributed by atoms with Crippen LogP contribution in [0.3, 0.4) is 0 Å². The number of thiazole rings is 1. The Morgan fingerprint density at radius 3 is 2.68 bits per heavy atom. The number of nitrogens with zero attached hydrogens (tertiary/aromatic N) is 3.